The molecule has 0 aromatic heterocycles. The zero-order valence-electron chi connectivity index (χ0n) is 23.9. The first kappa shape index (κ1) is 30.7. The number of rotatable bonds is 7. The lowest BCUT2D eigenvalue weighted by Crippen LogP contribution is -2.28. The van der Waals surface area contributed by atoms with E-state index in [2.05, 4.69) is 16.0 Å². The standard InChI is InChI=1S/C32H34ClFN4O4/c1-32(2,3)42-31(41)37-28-8-6-5-7-27(28)36-29(39)16-10-20-9-15-23(26(34)17-20)24-18-38(4)19-25(24)30(40)35-22-13-11-21(33)12-14-22/h5-17,24-25H,18-19H2,1-4H3,(H,35,40)(H,36,39)(H,37,41). The van der Waals surface area contributed by atoms with Crippen molar-refractivity contribution in [2.24, 2.45) is 5.92 Å². The molecule has 42 heavy (non-hydrogen) atoms. The van der Waals surface area contributed by atoms with Gasteiger partial charge in [0.2, 0.25) is 11.8 Å². The van der Waals surface area contributed by atoms with Gasteiger partial charge in [-0.25, -0.2) is 9.18 Å². The van der Waals surface area contributed by atoms with E-state index in [4.69, 9.17) is 16.3 Å². The number of carbonyl (C=O) groups is 3. The van der Waals surface area contributed by atoms with Crippen LogP contribution in [0.3, 0.4) is 0 Å². The van der Waals surface area contributed by atoms with Crippen LogP contribution in [0.5, 0.6) is 0 Å². The Labute approximate surface area is 249 Å². The molecule has 0 saturated carbocycles. The van der Waals surface area contributed by atoms with Crippen LogP contribution in [-0.4, -0.2) is 48.5 Å². The van der Waals surface area contributed by atoms with E-state index in [0.29, 0.717) is 46.3 Å². The Morgan fingerprint density at radius 1 is 0.952 bits per heavy atom. The molecule has 2 unspecified atom stereocenters. The fraction of sp³-hybridized carbons (Fsp3) is 0.281. The highest BCUT2D eigenvalue weighted by atomic mass is 35.5. The van der Waals surface area contributed by atoms with Crippen molar-refractivity contribution in [3.05, 3.63) is 94.8 Å². The van der Waals surface area contributed by atoms with E-state index in [9.17, 15) is 14.4 Å². The van der Waals surface area contributed by atoms with Gasteiger partial charge in [0.15, 0.2) is 0 Å². The third-order valence-corrected chi connectivity index (χ3v) is 6.87. The molecular weight excluding hydrogens is 559 g/mol. The summed E-state index contributed by atoms with van der Waals surface area (Å²) >= 11 is 5.94. The topological polar surface area (TPSA) is 99.8 Å². The zero-order valence-corrected chi connectivity index (χ0v) is 24.7. The normalized spacial score (nSPS) is 17.2. The molecule has 0 radical (unpaired) electrons. The summed E-state index contributed by atoms with van der Waals surface area (Å²) < 4.78 is 20.6. The maximum absolute atomic E-state index is 15.3. The fourth-order valence-electron chi connectivity index (χ4n) is 4.76. The largest absolute Gasteiger partial charge is 0.444 e. The Kier molecular flexibility index (Phi) is 9.65. The lowest BCUT2D eigenvalue weighted by atomic mass is 9.87. The Balaban J connectivity index is 1.41. The number of likely N-dealkylation sites (tertiary alicyclic amines) is 1. The molecule has 1 fully saturated rings. The van der Waals surface area contributed by atoms with Crippen LogP contribution in [-0.2, 0) is 14.3 Å². The molecule has 3 aromatic rings. The maximum Gasteiger partial charge on any atom is 0.412 e. The van der Waals surface area contributed by atoms with Crippen molar-refractivity contribution >= 4 is 52.6 Å². The molecule has 1 saturated heterocycles. The van der Waals surface area contributed by atoms with Crippen molar-refractivity contribution < 1.29 is 23.5 Å². The first-order chi connectivity index (χ1) is 19.9. The fourth-order valence-corrected chi connectivity index (χ4v) is 4.88. The molecule has 3 N–H and O–H groups in total. The number of benzene rings is 3. The molecule has 8 nitrogen and oxygen atoms in total. The first-order valence-corrected chi connectivity index (χ1v) is 13.9. The summed E-state index contributed by atoms with van der Waals surface area (Å²) in [5, 5.41) is 8.82. The summed E-state index contributed by atoms with van der Waals surface area (Å²) in [6.07, 6.45) is 2.13. The Morgan fingerprint density at radius 3 is 2.26 bits per heavy atom. The summed E-state index contributed by atoms with van der Waals surface area (Å²) in [6.45, 7) is 6.29. The van der Waals surface area contributed by atoms with E-state index in [1.54, 1.807) is 81.4 Å². The highest BCUT2D eigenvalue weighted by Crippen LogP contribution is 2.35. The van der Waals surface area contributed by atoms with Crippen LogP contribution in [0.4, 0.5) is 26.2 Å². The first-order valence-electron chi connectivity index (χ1n) is 13.5. The van der Waals surface area contributed by atoms with Gasteiger partial charge in [0.25, 0.3) is 0 Å². The van der Waals surface area contributed by atoms with Crippen molar-refractivity contribution in [3.8, 4) is 0 Å². The lowest BCUT2D eigenvalue weighted by molar-refractivity contribution is -0.119. The van der Waals surface area contributed by atoms with E-state index in [1.807, 2.05) is 11.9 Å². The summed E-state index contributed by atoms with van der Waals surface area (Å²) in [4.78, 5) is 39.9. The number of carbonyl (C=O) groups excluding carboxylic acids is 3. The van der Waals surface area contributed by atoms with Gasteiger partial charge in [0, 0.05) is 35.8 Å². The smallest absolute Gasteiger partial charge is 0.412 e. The number of hydrogen-bond acceptors (Lipinski definition) is 5. The molecule has 3 aromatic carbocycles. The summed E-state index contributed by atoms with van der Waals surface area (Å²) in [5.74, 6) is -1.88. The molecule has 0 spiro atoms. The monoisotopic (exact) mass is 592 g/mol. The highest BCUT2D eigenvalue weighted by molar-refractivity contribution is 6.30. The average Bonchev–Trinajstić information content (AvgIpc) is 3.30. The molecule has 1 aliphatic heterocycles. The van der Waals surface area contributed by atoms with Crippen molar-refractivity contribution in [3.63, 3.8) is 0 Å². The minimum absolute atomic E-state index is 0.187. The van der Waals surface area contributed by atoms with Gasteiger partial charge in [-0.3, -0.25) is 14.9 Å². The number of amides is 3. The van der Waals surface area contributed by atoms with Crippen molar-refractivity contribution in [2.45, 2.75) is 32.3 Å². The molecule has 220 valence electrons. The predicted octanol–water partition coefficient (Wildman–Crippen LogP) is 6.76. The Morgan fingerprint density at radius 2 is 1.62 bits per heavy atom. The molecular formula is C32H34ClFN4O4. The third kappa shape index (κ3) is 8.41. The molecule has 2 atom stereocenters. The number of halogens is 2. The number of hydrogen-bond donors (Lipinski definition) is 3. The van der Waals surface area contributed by atoms with Gasteiger partial charge in [-0.15, -0.1) is 0 Å². The highest BCUT2D eigenvalue weighted by Gasteiger charge is 2.38. The van der Waals surface area contributed by atoms with Crippen molar-refractivity contribution in [1.29, 1.82) is 0 Å². The van der Waals surface area contributed by atoms with Gasteiger partial charge < -0.3 is 20.3 Å². The van der Waals surface area contributed by atoms with Crippen LogP contribution in [0.2, 0.25) is 5.02 Å². The van der Waals surface area contributed by atoms with Gasteiger partial charge >= 0.3 is 6.09 Å². The van der Waals surface area contributed by atoms with E-state index in [0.717, 1.165) is 0 Å². The maximum atomic E-state index is 15.3. The molecule has 1 heterocycles. The number of ether oxygens (including phenoxy) is 1. The van der Waals surface area contributed by atoms with Crippen LogP contribution in [0.15, 0.2) is 72.8 Å². The number of nitrogens with one attached hydrogen (secondary N) is 3. The van der Waals surface area contributed by atoms with E-state index in [1.165, 1.54) is 18.2 Å². The number of para-hydroxylation sites is 2. The predicted molar refractivity (Wildman–Crippen MR) is 164 cm³/mol. The second-order valence-corrected chi connectivity index (χ2v) is 11.6. The molecule has 3 amide bonds. The quantitative estimate of drug-likeness (QED) is 0.263. The average molecular weight is 593 g/mol. The zero-order chi connectivity index (χ0) is 30.4. The van der Waals surface area contributed by atoms with Gasteiger partial charge in [0.05, 0.1) is 17.3 Å². The van der Waals surface area contributed by atoms with Gasteiger partial charge in [-0.2, -0.15) is 0 Å². The van der Waals surface area contributed by atoms with E-state index < -0.39 is 29.3 Å². The number of anilines is 3. The Hall–Kier alpha value is -4.21. The summed E-state index contributed by atoms with van der Waals surface area (Å²) in [5.41, 5.74) is 1.64. The van der Waals surface area contributed by atoms with Gasteiger partial charge in [-0.1, -0.05) is 35.9 Å². The molecule has 4 rings (SSSR count). The van der Waals surface area contributed by atoms with Gasteiger partial charge in [-0.05, 0) is 87.5 Å². The summed E-state index contributed by atoms with van der Waals surface area (Å²) in [7, 11) is 1.90. The van der Waals surface area contributed by atoms with Crippen molar-refractivity contribution in [1.82, 2.24) is 4.90 Å². The van der Waals surface area contributed by atoms with Crippen LogP contribution < -0.4 is 16.0 Å². The minimum atomic E-state index is -0.672. The van der Waals surface area contributed by atoms with Crippen LogP contribution in [0, 0.1) is 11.7 Å². The number of likely N-dealkylation sites (N-methyl/N-ethyl adjacent to an activating group) is 1. The molecule has 10 heteroatoms. The minimum Gasteiger partial charge on any atom is -0.444 e. The second-order valence-electron chi connectivity index (χ2n) is 11.2. The van der Waals surface area contributed by atoms with E-state index in [-0.39, 0.29) is 11.8 Å². The molecule has 1 aliphatic rings. The molecule has 0 bridgehead atoms. The van der Waals surface area contributed by atoms with Crippen LogP contribution in [0.25, 0.3) is 6.08 Å². The summed E-state index contributed by atoms with van der Waals surface area (Å²) in [6, 6.07) is 18.3. The van der Waals surface area contributed by atoms with Gasteiger partial charge in [0.1, 0.15) is 11.4 Å². The molecule has 0 aliphatic carbocycles. The van der Waals surface area contributed by atoms with Crippen LogP contribution >= 0.6 is 11.6 Å². The number of nitrogens with zero attached hydrogens (tertiary/aromatic N) is 1. The third-order valence-electron chi connectivity index (χ3n) is 6.62. The second kappa shape index (κ2) is 13.2. The van der Waals surface area contributed by atoms with E-state index >= 15 is 4.39 Å². The SMILES string of the molecule is CN1CC(C(=O)Nc2ccc(Cl)cc2)C(c2ccc(C=CC(=O)Nc3ccccc3NC(=O)OC(C)(C)C)cc2F)C1. The van der Waals surface area contributed by atoms with Crippen molar-refractivity contribution in [2.75, 3.05) is 36.1 Å². The van der Waals surface area contributed by atoms with Crippen LogP contribution in [0.1, 0.15) is 37.8 Å². The Bertz CT molecular complexity index is 1490. The lowest BCUT2D eigenvalue weighted by Gasteiger charge is -2.20.